The first kappa shape index (κ1) is 16.0. The number of rotatable bonds is 5. The van der Waals surface area contributed by atoms with Gasteiger partial charge in [0.05, 0.1) is 5.56 Å². The summed E-state index contributed by atoms with van der Waals surface area (Å²) in [4.78, 5) is 12.2. The van der Waals surface area contributed by atoms with Crippen molar-refractivity contribution in [3.05, 3.63) is 58.1 Å². The van der Waals surface area contributed by atoms with E-state index in [-0.39, 0.29) is 17.2 Å². The maximum Gasteiger partial charge on any atom is 0.259 e. The zero-order valence-corrected chi connectivity index (χ0v) is 14.4. The van der Waals surface area contributed by atoms with Crippen molar-refractivity contribution in [2.75, 3.05) is 10.6 Å². The molecule has 1 amide bonds. The van der Waals surface area contributed by atoms with Gasteiger partial charge in [-0.1, -0.05) is 44.0 Å². The Morgan fingerprint density at radius 2 is 2.00 bits per heavy atom. The molecule has 2 N–H and O–H groups in total. The van der Waals surface area contributed by atoms with Crippen LogP contribution in [-0.2, 0) is 6.42 Å². The fourth-order valence-electron chi connectivity index (χ4n) is 1.96. The van der Waals surface area contributed by atoms with E-state index in [0.29, 0.717) is 0 Å². The Labute approximate surface area is 140 Å². The molecular formula is C16H15Br2NO2. The predicted octanol–water partition coefficient (Wildman–Crippen LogP) is 4.73. The number of halogens is 2. The Hall–Kier alpha value is -1.33. The number of hydrogen-bond donors (Lipinski definition) is 2. The number of aromatic hydroxyl groups is 1. The average Bonchev–Trinajstić information content (AvgIpc) is 2.48. The van der Waals surface area contributed by atoms with Crippen LogP contribution in [0.25, 0.3) is 0 Å². The lowest BCUT2D eigenvalue weighted by Crippen LogP contribution is -2.12. The average molecular weight is 413 g/mol. The molecule has 0 aliphatic rings. The molecule has 0 bridgehead atoms. The summed E-state index contributed by atoms with van der Waals surface area (Å²) in [5.74, 6) is -0.363. The van der Waals surface area contributed by atoms with Gasteiger partial charge in [-0.3, -0.25) is 4.79 Å². The zero-order chi connectivity index (χ0) is 15.2. The molecule has 2 aromatic rings. The molecule has 0 aromatic heterocycles. The molecule has 21 heavy (non-hydrogen) atoms. The number of phenolic OH excluding ortho intramolecular Hbond substituents is 1. The fourth-order valence-corrected chi connectivity index (χ4v) is 2.61. The number of anilines is 1. The highest BCUT2D eigenvalue weighted by molar-refractivity contribution is 9.10. The van der Waals surface area contributed by atoms with Crippen LogP contribution in [-0.4, -0.2) is 16.3 Å². The molecule has 5 heteroatoms. The van der Waals surface area contributed by atoms with Crippen LogP contribution >= 0.6 is 31.9 Å². The molecule has 3 nitrogen and oxygen atoms in total. The highest BCUT2D eigenvalue weighted by Crippen LogP contribution is 2.23. The molecule has 0 unspecified atom stereocenters. The molecule has 0 heterocycles. The molecule has 2 aromatic carbocycles. The minimum Gasteiger partial charge on any atom is -0.507 e. The van der Waals surface area contributed by atoms with Crippen LogP contribution in [0.4, 0.5) is 5.69 Å². The largest absolute Gasteiger partial charge is 0.507 e. The summed E-state index contributed by atoms with van der Waals surface area (Å²) in [6, 6.07) is 12.5. The first-order chi connectivity index (χ1) is 10.1. The summed E-state index contributed by atoms with van der Waals surface area (Å²) < 4.78 is 0.747. The normalized spacial score (nSPS) is 10.4. The molecule has 0 aliphatic carbocycles. The van der Waals surface area contributed by atoms with Crippen molar-refractivity contribution in [3.8, 4) is 5.75 Å². The summed E-state index contributed by atoms with van der Waals surface area (Å²) in [5.41, 5.74) is 2.15. The molecule has 0 aliphatic heterocycles. The van der Waals surface area contributed by atoms with Crippen LogP contribution < -0.4 is 5.32 Å². The highest BCUT2D eigenvalue weighted by Gasteiger charge is 2.12. The maximum atomic E-state index is 12.2. The highest BCUT2D eigenvalue weighted by atomic mass is 79.9. The number of carbonyl (C=O) groups excluding carboxylic acids is 1. The molecule has 0 radical (unpaired) electrons. The number of phenols is 1. The zero-order valence-electron chi connectivity index (χ0n) is 11.3. The van der Waals surface area contributed by atoms with E-state index in [0.717, 1.165) is 28.3 Å². The molecule has 0 fully saturated rings. The van der Waals surface area contributed by atoms with Gasteiger partial charge in [0.2, 0.25) is 0 Å². The van der Waals surface area contributed by atoms with E-state index in [4.69, 9.17) is 0 Å². The summed E-state index contributed by atoms with van der Waals surface area (Å²) in [6.07, 6.45) is 2.00. The van der Waals surface area contributed by atoms with E-state index in [9.17, 15) is 9.90 Å². The van der Waals surface area contributed by atoms with Gasteiger partial charge < -0.3 is 10.4 Å². The Morgan fingerprint density at radius 3 is 2.76 bits per heavy atom. The number of hydrogen-bond acceptors (Lipinski definition) is 2. The van der Waals surface area contributed by atoms with Crippen molar-refractivity contribution < 1.29 is 9.90 Å². The second-order valence-electron chi connectivity index (χ2n) is 4.61. The summed E-state index contributed by atoms with van der Waals surface area (Å²) in [6.45, 7) is 0. The van der Waals surface area contributed by atoms with Crippen LogP contribution in [0.1, 0.15) is 22.3 Å². The summed E-state index contributed by atoms with van der Waals surface area (Å²) in [5, 5.41) is 13.5. The molecule has 0 spiro atoms. The number of nitrogens with one attached hydrogen (secondary N) is 1. The van der Waals surface area contributed by atoms with Crippen LogP contribution in [0.2, 0.25) is 0 Å². The molecule has 0 saturated carbocycles. The third-order valence-electron chi connectivity index (χ3n) is 2.99. The number of benzene rings is 2. The maximum absolute atomic E-state index is 12.2. The van der Waals surface area contributed by atoms with Crippen LogP contribution in [0.15, 0.2) is 46.9 Å². The third-order valence-corrected chi connectivity index (χ3v) is 4.04. The lowest BCUT2D eigenvalue weighted by atomic mass is 10.1. The second kappa shape index (κ2) is 7.61. The van der Waals surface area contributed by atoms with Crippen molar-refractivity contribution in [1.82, 2.24) is 0 Å². The Bertz CT molecular complexity index is 644. The van der Waals surface area contributed by atoms with Gasteiger partial charge in [0.25, 0.3) is 5.91 Å². The van der Waals surface area contributed by atoms with Gasteiger partial charge in [-0.05, 0) is 48.7 Å². The van der Waals surface area contributed by atoms with Crippen molar-refractivity contribution >= 4 is 43.5 Å². The first-order valence-corrected chi connectivity index (χ1v) is 8.46. The Balaban J connectivity index is 2.14. The fraction of sp³-hybridized carbons (Fsp3) is 0.188. The minimum atomic E-state index is -0.327. The number of aryl methyl sites for hydroxylation is 1. The van der Waals surface area contributed by atoms with Crippen molar-refractivity contribution in [2.24, 2.45) is 0 Å². The van der Waals surface area contributed by atoms with Gasteiger partial charge in [0.1, 0.15) is 5.75 Å². The standard InChI is InChI=1S/C16H15Br2NO2/c17-8-2-4-11-3-1-5-13(9-11)19-16(21)14-10-12(18)6-7-15(14)20/h1,3,5-7,9-10,20H,2,4,8H2,(H,19,21). The van der Waals surface area contributed by atoms with Crippen LogP contribution in [0.3, 0.4) is 0 Å². The first-order valence-electron chi connectivity index (χ1n) is 6.55. The van der Waals surface area contributed by atoms with Crippen LogP contribution in [0.5, 0.6) is 5.75 Å². The van der Waals surface area contributed by atoms with E-state index in [1.807, 2.05) is 24.3 Å². The van der Waals surface area contributed by atoms with E-state index >= 15 is 0 Å². The smallest absolute Gasteiger partial charge is 0.259 e. The van der Waals surface area contributed by atoms with E-state index in [1.165, 1.54) is 11.6 Å². The minimum absolute atomic E-state index is 0.0360. The lowest BCUT2D eigenvalue weighted by Gasteiger charge is -2.09. The number of carbonyl (C=O) groups is 1. The van der Waals surface area contributed by atoms with Crippen molar-refractivity contribution in [1.29, 1.82) is 0 Å². The van der Waals surface area contributed by atoms with E-state index in [2.05, 4.69) is 37.2 Å². The summed E-state index contributed by atoms with van der Waals surface area (Å²) >= 11 is 6.70. The topological polar surface area (TPSA) is 49.3 Å². The van der Waals surface area contributed by atoms with Gasteiger partial charge in [0, 0.05) is 15.5 Å². The van der Waals surface area contributed by atoms with Gasteiger partial charge in [-0.25, -0.2) is 0 Å². The molecule has 2 rings (SSSR count). The Morgan fingerprint density at radius 1 is 1.19 bits per heavy atom. The quantitative estimate of drug-likeness (QED) is 0.697. The number of alkyl halides is 1. The predicted molar refractivity (Wildman–Crippen MR) is 92.3 cm³/mol. The van der Waals surface area contributed by atoms with Crippen molar-refractivity contribution in [3.63, 3.8) is 0 Å². The molecule has 0 saturated heterocycles. The second-order valence-corrected chi connectivity index (χ2v) is 6.32. The van der Waals surface area contributed by atoms with E-state index < -0.39 is 0 Å². The van der Waals surface area contributed by atoms with Crippen LogP contribution in [0, 0.1) is 0 Å². The SMILES string of the molecule is O=C(Nc1cccc(CCCBr)c1)c1cc(Br)ccc1O. The third kappa shape index (κ3) is 4.58. The Kier molecular flexibility index (Phi) is 5.82. The summed E-state index contributed by atoms with van der Waals surface area (Å²) in [7, 11) is 0. The lowest BCUT2D eigenvalue weighted by molar-refractivity contribution is 0.102. The van der Waals surface area contributed by atoms with E-state index in [1.54, 1.807) is 12.1 Å². The molecular weight excluding hydrogens is 398 g/mol. The molecule has 0 atom stereocenters. The molecule has 110 valence electrons. The monoisotopic (exact) mass is 411 g/mol. The van der Waals surface area contributed by atoms with Gasteiger partial charge in [-0.2, -0.15) is 0 Å². The van der Waals surface area contributed by atoms with Gasteiger partial charge >= 0.3 is 0 Å². The van der Waals surface area contributed by atoms with Crippen molar-refractivity contribution in [2.45, 2.75) is 12.8 Å². The van der Waals surface area contributed by atoms with Gasteiger partial charge in [0.15, 0.2) is 0 Å². The van der Waals surface area contributed by atoms with Gasteiger partial charge in [-0.15, -0.1) is 0 Å². The number of amides is 1.